The first-order chi connectivity index (χ1) is 12.9. The maximum absolute atomic E-state index is 12.0. The molecule has 3 heterocycles. The Hall–Kier alpha value is -3.23. The van der Waals surface area contributed by atoms with Gasteiger partial charge in [-0.25, -0.2) is 19.4 Å². The number of methoxy groups -OCH3 is 1. The number of ether oxygens (including phenoxy) is 1. The molecule has 0 amide bonds. The van der Waals surface area contributed by atoms with Crippen LogP contribution in [0.15, 0.2) is 18.7 Å². The average molecular weight is 307 g/mol. The van der Waals surface area contributed by atoms with Gasteiger partial charge in [0.25, 0.3) is 5.78 Å². The van der Waals surface area contributed by atoms with Gasteiger partial charge in [0.15, 0.2) is 5.82 Å². The zero-order valence-corrected chi connectivity index (χ0v) is 10.7. The van der Waals surface area contributed by atoms with Crippen LogP contribution in [0.1, 0.15) is 24.4 Å². The van der Waals surface area contributed by atoms with E-state index in [9.17, 15) is 9.59 Å². The van der Waals surface area contributed by atoms with E-state index in [1.807, 2.05) is 0 Å². The Morgan fingerprint density at radius 1 is 1.45 bits per heavy atom. The number of H-pyrrole nitrogens is 1. The van der Waals surface area contributed by atoms with Crippen molar-refractivity contribution in [3.8, 4) is 11.6 Å². The van der Waals surface area contributed by atoms with Crippen LogP contribution < -0.4 is 4.74 Å². The standard InChI is InChI=1S/C13H11N5O4/c1-6-16-5-18(17-6)12-10-9(8(22-2)4-15-12)7(3-14-10)11(19)13(20)21/h3-5,14H,1-2H3,(H,20,21)/i1D3,2D3. The number of carboxylic acids is 1. The van der Waals surface area contributed by atoms with Crippen LogP contribution in [-0.2, 0) is 4.79 Å². The quantitative estimate of drug-likeness (QED) is 0.538. The number of hydrogen-bond donors (Lipinski definition) is 2. The van der Waals surface area contributed by atoms with Gasteiger partial charge in [0.1, 0.15) is 17.9 Å². The van der Waals surface area contributed by atoms with E-state index >= 15 is 0 Å². The molecule has 0 atom stereocenters. The average Bonchev–Trinajstić information content (AvgIpc) is 3.20. The van der Waals surface area contributed by atoms with Crippen molar-refractivity contribution in [3.05, 3.63) is 30.1 Å². The van der Waals surface area contributed by atoms with Gasteiger partial charge in [-0.2, -0.15) is 5.10 Å². The lowest BCUT2D eigenvalue weighted by atomic mass is 10.1. The van der Waals surface area contributed by atoms with E-state index in [1.54, 1.807) is 0 Å². The summed E-state index contributed by atoms with van der Waals surface area (Å²) in [5, 5.41) is 12.6. The lowest BCUT2D eigenvalue weighted by molar-refractivity contribution is -0.131. The number of carboxylic acid groups (broad SMARTS) is 1. The number of rotatable bonds is 4. The van der Waals surface area contributed by atoms with Crippen molar-refractivity contribution in [1.29, 1.82) is 0 Å². The Bertz CT molecular complexity index is 1080. The molecule has 112 valence electrons. The second kappa shape index (κ2) is 4.95. The van der Waals surface area contributed by atoms with Crippen molar-refractivity contribution in [2.24, 2.45) is 0 Å². The van der Waals surface area contributed by atoms with E-state index < -0.39 is 31.5 Å². The monoisotopic (exact) mass is 307 g/mol. The third-order valence-corrected chi connectivity index (χ3v) is 2.91. The zero-order valence-electron chi connectivity index (χ0n) is 16.7. The number of pyridine rings is 1. The van der Waals surface area contributed by atoms with Gasteiger partial charge in [-0.05, 0) is 6.85 Å². The molecule has 2 N–H and O–H groups in total. The number of nitrogens with zero attached hydrogens (tertiary/aromatic N) is 4. The minimum absolute atomic E-state index is 0.00772. The van der Waals surface area contributed by atoms with Crippen molar-refractivity contribution >= 4 is 22.7 Å². The molecule has 9 nitrogen and oxygen atoms in total. The molecular weight excluding hydrogens is 290 g/mol. The molecule has 0 aromatic carbocycles. The second-order valence-corrected chi connectivity index (χ2v) is 4.15. The number of hydrogen-bond acceptors (Lipinski definition) is 6. The molecule has 0 aliphatic heterocycles. The molecule has 3 aromatic heterocycles. The van der Waals surface area contributed by atoms with Crippen LogP contribution in [-0.4, -0.2) is 48.6 Å². The number of aryl methyl sites for hydroxylation is 1. The van der Waals surface area contributed by atoms with Gasteiger partial charge in [0, 0.05) is 10.3 Å². The predicted molar refractivity (Wildman–Crippen MR) is 74.3 cm³/mol. The van der Waals surface area contributed by atoms with E-state index in [2.05, 4.69) is 20.1 Å². The van der Waals surface area contributed by atoms with E-state index in [1.165, 1.54) is 0 Å². The Morgan fingerprint density at radius 2 is 2.32 bits per heavy atom. The Kier molecular flexibility index (Phi) is 1.86. The number of carbonyl (C=O) groups is 2. The van der Waals surface area contributed by atoms with Crippen molar-refractivity contribution in [2.75, 3.05) is 7.04 Å². The second-order valence-electron chi connectivity index (χ2n) is 4.15. The molecule has 9 heteroatoms. The number of carbonyl (C=O) groups excluding carboxylic acids is 1. The molecule has 0 saturated heterocycles. The van der Waals surface area contributed by atoms with E-state index in [0.717, 1.165) is 23.4 Å². The van der Waals surface area contributed by atoms with Gasteiger partial charge in [-0.15, -0.1) is 0 Å². The van der Waals surface area contributed by atoms with E-state index in [-0.39, 0.29) is 28.0 Å². The van der Waals surface area contributed by atoms with Gasteiger partial charge in [-0.1, -0.05) is 0 Å². The fraction of sp³-hybridized carbons (Fsp3) is 0.154. The molecule has 0 bridgehead atoms. The first kappa shape index (κ1) is 8.27. The number of aromatic amines is 1. The number of nitrogens with one attached hydrogen (secondary N) is 1. The minimum atomic E-state index is -2.89. The summed E-state index contributed by atoms with van der Waals surface area (Å²) < 4.78 is 49.5. The summed E-state index contributed by atoms with van der Waals surface area (Å²) in [5.41, 5.74) is -0.352. The first-order valence-corrected chi connectivity index (χ1v) is 5.78. The predicted octanol–water partition coefficient (Wildman–Crippen LogP) is 0.728. The van der Waals surface area contributed by atoms with Crippen molar-refractivity contribution in [3.63, 3.8) is 0 Å². The van der Waals surface area contributed by atoms with Crippen LogP contribution in [0.4, 0.5) is 0 Å². The highest BCUT2D eigenvalue weighted by Crippen LogP contribution is 2.31. The summed E-state index contributed by atoms with van der Waals surface area (Å²) in [6.45, 7) is -2.57. The summed E-state index contributed by atoms with van der Waals surface area (Å²) in [5.74, 6) is -3.93. The summed E-state index contributed by atoms with van der Waals surface area (Å²) in [6, 6.07) is 0. The van der Waals surface area contributed by atoms with Crippen LogP contribution in [0.5, 0.6) is 5.75 Å². The molecule has 0 aliphatic carbocycles. The molecular formula is C13H11N5O4. The van der Waals surface area contributed by atoms with Crippen LogP contribution in [0.25, 0.3) is 16.7 Å². The molecule has 0 fully saturated rings. The highest BCUT2D eigenvalue weighted by Gasteiger charge is 2.24. The Balaban J connectivity index is 2.24. The fourth-order valence-corrected chi connectivity index (χ4v) is 2.01. The van der Waals surface area contributed by atoms with E-state index in [4.69, 9.17) is 18.1 Å². The van der Waals surface area contributed by atoms with Crippen molar-refractivity contribution < 1.29 is 27.7 Å². The fourth-order valence-electron chi connectivity index (χ4n) is 2.01. The van der Waals surface area contributed by atoms with Crippen LogP contribution >= 0.6 is 0 Å². The SMILES string of the molecule is [2H]C([2H])([2H])Oc1cnc(-n2cnc(C([2H])([2H])[2H])n2)c2[nH]cc(C(=O)C(=O)O)c12. The maximum Gasteiger partial charge on any atom is 0.377 e. The smallest absolute Gasteiger partial charge is 0.377 e. The number of aliphatic carboxylic acids is 1. The normalized spacial score (nSPS) is 16.0. The molecule has 0 saturated carbocycles. The lowest BCUT2D eigenvalue weighted by Gasteiger charge is -2.06. The summed E-state index contributed by atoms with van der Waals surface area (Å²) in [7, 11) is -2.89. The van der Waals surface area contributed by atoms with Gasteiger partial charge in [0.2, 0.25) is 0 Å². The van der Waals surface area contributed by atoms with Gasteiger partial charge in [0.05, 0.1) is 33.8 Å². The third kappa shape index (κ3) is 1.99. The number of fused-ring (bicyclic) bond motifs is 1. The Labute approximate surface area is 132 Å². The summed E-state index contributed by atoms with van der Waals surface area (Å²) in [4.78, 5) is 33.3. The van der Waals surface area contributed by atoms with Gasteiger partial charge < -0.3 is 14.8 Å². The number of ketones is 1. The first-order valence-electron chi connectivity index (χ1n) is 8.78. The topological polar surface area (TPSA) is 123 Å². The zero-order chi connectivity index (χ0) is 20.9. The molecule has 3 rings (SSSR count). The minimum Gasteiger partial charge on any atom is -0.494 e. The lowest BCUT2D eigenvalue weighted by Crippen LogP contribution is -2.12. The van der Waals surface area contributed by atoms with Gasteiger partial charge >= 0.3 is 5.97 Å². The highest BCUT2D eigenvalue weighted by molar-refractivity contribution is 6.42. The van der Waals surface area contributed by atoms with Crippen LogP contribution in [0, 0.1) is 6.85 Å². The van der Waals surface area contributed by atoms with Crippen molar-refractivity contribution in [1.82, 2.24) is 24.7 Å². The van der Waals surface area contributed by atoms with Crippen LogP contribution in [0.3, 0.4) is 0 Å². The molecule has 22 heavy (non-hydrogen) atoms. The van der Waals surface area contributed by atoms with Gasteiger partial charge in [-0.3, -0.25) is 4.79 Å². The molecule has 3 aromatic rings. The third-order valence-electron chi connectivity index (χ3n) is 2.91. The van der Waals surface area contributed by atoms with E-state index in [0.29, 0.717) is 0 Å². The molecule has 0 radical (unpaired) electrons. The summed E-state index contributed by atoms with van der Waals surface area (Å²) in [6.07, 6.45) is 3.08. The molecule has 0 aliphatic rings. The summed E-state index contributed by atoms with van der Waals surface area (Å²) >= 11 is 0. The van der Waals surface area contributed by atoms with Crippen LogP contribution in [0.2, 0.25) is 0 Å². The van der Waals surface area contributed by atoms with Crippen molar-refractivity contribution in [2.45, 2.75) is 6.85 Å². The largest absolute Gasteiger partial charge is 0.494 e. The Morgan fingerprint density at radius 3 is 3.00 bits per heavy atom. The maximum atomic E-state index is 12.0. The number of Topliss-reactive ketones (excluding diaryl/α,β-unsaturated/α-hetero) is 1. The molecule has 0 unspecified atom stereocenters. The molecule has 0 spiro atoms. The number of aromatic nitrogens is 5. The highest BCUT2D eigenvalue weighted by atomic mass is 16.5.